The molecule has 0 atom stereocenters. The number of fused-ring (bicyclic) bond motifs is 1. The van der Waals surface area contributed by atoms with E-state index in [1.165, 1.54) is 6.33 Å². The molecule has 4 rings (SSSR count). The summed E-state index contributed by atoms with van der Waals surface area (Å²) in [5.41, 5.74) is 2.76. The standard InChI is InChI=1S/C19H12N2O2S/c22-10-13-6-8-15(9-7-13)23-18-17-16(14-4-2-1-3-5-14)11-24-19(17)21-12-20-18/h1-12H. The van der Waals surface area contributed by atoms with Crippen LogP contribution in [0.2, 0.25) is 0 Å². The van der Waals surface area contributed by atoms with Crippen molar-refractivity contribution in [1.29, 1.82) is 0 Å². The van der Waals surface area contributed by atoms with Crippen LogP contribution in [0.5, 0.6) is 11.6 Å². The van der Waals surface area contributed by atoms with Crippen LogP contribution in [0.25, 0.3) is 21.3 Å². The average Bonchev–Trinajstić information content (AvgIpc) is 3.08. The van der Waals surface area contributed by atoms with Gasteiger partial charge in [0.1, 0.15) is 23.2 Å². The second-order valence-electron chi connectivity index (χ2n) is 5.16. The Morgan fingerprint density at radius 2 is 1.75 bits per heavy atom. The zero-order chi connectivity index (χ0) is 16.4. The molecule has 24 heavy (non-hydrogen) atoms. The summed E-state index contributed by atoms with van der Waals surface area (Å²) < 4.78 is 5.95. The first-order valence-electron chi connectivity index (χ1n) is 7.36. The molecule has 0 amide bonds. The first-order chi connectivity index (χ1) is 11.8. The highest BCUT2D eigenvalue weighted by atomic mass is 32.1. The Balaban J connectivity index is 1.80. The van der Waals surface area contributed by atoms with Crippen LogP contribution in [0.15, 0.2) is 66.3 Å². The predicted molar refractivity (Wildman–Crippen MR) is 94.8 cm³/mol. The fourth-order valence-electron chi connectivity index (χ4n) is 2.48. The Hall–Kier alpha value is -3.05. The SMILES string of the molecule is O=Cc1ccc(Oc2ncnc3scc(-c4ccccc4)c23)cc1. The third-order valence-electron chi connectivity index (χ3n) is 3.65. The van der Waals surface area contributed by atoms with Gasteiger partial charge in [-0.05, 0) is 29.8 Å². The fourth-order valence-corrected chi connectivity index (χ4v) is 3.39. The smallest absolute Gasteiger partial charge is 0.231 e. The molecule has 4 nitrogen and oxygen atoms in total. The highest BCUT2D eigenvalue weighted by molar-refractivity contribution is 7.17. The van der Waals surface area contributed by atoms with Crippen molar-refractivity contribution >= 4 is 27.8 Å². The highest BCUT2D eigenvalue weighted by Gasteiger charge is 2.14. The molecule has 0 N–H and O–H groups in total. The van der Waals surface area contributed by atoms with E-state index in [4.69, 9.17) is 4.74 Å². The summed E-state index contributed by atoms with van der Waals surface area (Å²) in [5, 5.41) is 2.96. The second-order valence-corrected chi connectivity index (χ2v) is 6.02. The molecule has 0 saturated heterocycles. The monoisotopic (exact) mass is 332 g/mol. The molecule has 2 aromatic heterocycles. The van der Waals surface area contributed by atoms with E-state index >= 15 is 0 Å². The molecule has 116 valence electrons. The number of benzene rings is 2. The van der Waals surface area contributed by atoms with Crippen molar-refractivity contribution in [3.8, 4) is 22.8 Å². The summed E-state index contributed by atoms with van der Waals surface area (Å²) in [5.74, 6) is 1.14. The van der Waals surface area contributed by atoms with Crippen molar-refractivity contribution in [2.45, 2.75) is 0 Å². The van der Waals surface area contributed by atoms with E-state index in [1.54, 1.807) is 35.6 Å². The number of ether oxygens (including phenoxy) is 1. The Labute approximate surface area is 142 Å². The molecule has 0 aliphatic carbocycles. The Kier molecular flexibility index (Phi) is 3.76. The summed E-state index contributed by atoms with van der Waals surface area (Å²) >= 11 is 1.56. The van der Waals surface area contributed by atoms with E-state index in [-0.39, 0.29) is 0 Å². The summed E-state index contributed by atoms with van der Waals surface area (Å²) in [6.07, 6.45) is 2.31. The molecule has 0 bridgehead atoms. The van der Waals surface area contributed by atoms with Gasteiger partial charge < -0.3 is 4.74 Å². The number of hydrogen-bond acceptors (Lipinski definition) is 5. The zero-order valence-electron chi connectivity index (χ0n) is 12.5. The fraction of sp³-hybridized carbons (Fsp3) is 0. The molecule has 0 unspecified atom stereocenters. The van der Waals surface area contributed by atoms with Crippen molar-refractivity contribution < 1.29 is 9.53 Å². The highest BCUT2D eigenvalue weighted by Crippen LogP contribution is 2.38. The number of rotatable bonds is 4. The molecule has 0 aliphatic heterocycles. The van der Waals surface area contributed by atoms with Gasteiger partial charge in [0.15, 0.2) is 0 Å². The van der Waals surface area contributed by atoms with Crippen molar-refractivity contribution in [3.05, 3.63) is 71.9 Å². The maximum atomic E-state index is 10.8. The van der Waals surface area contributed by atoms with Crippen LogP contribution in [0.3, 0.4) is 0 Å². The molecule has 2 aromatic carbocycles. The largest absolute Gasteiger partial charge is 0.438 e. The average molecular weight is 332 g/mol. The van der Waals surface area contributed by atoms with E-state index in [1.807, 2.05) is 18.2 Å². The molecular weight excluding hydrogens is 320 g/mol. The molecule has 4 aromatic rings. The number of nitrogens with zero attached hydrogens (tertiary/aromatic N) is 2. The minimum absolute atomic E-state index is 0.513. The number of aldehydes is 1. The molecule has 5 heteroatoms. The third-order valence-corrected chi connectivity index (χ3v) is 4.54. The molecule has 0 saturated carbocycles. The summed E-state index contributed by atoms with van der Waals surface area (Å²) in [6, 6.07) is 17.0. The van der Waals surface area contributed by atoms with Crippen molar-refractivity contribution in [2.75, 3.05) is 0 Å². The van der Waals surface area contributed by atoms with E-state index in [9.17, 15) is 4.79 Å². The summed E-state index contributed by atoms with van der Waals surface area (Å²) in [7, 11) is 0. The number of carbonyl (C=O) groups is 1. The van der Waals surface area contributed by atoms with Crippen LogP contribution in [-0.2, 0) is 0 Å². The van der Waals surface area contributed by atoms with Crippen LogP contribution in [0, 0.1) is 0 Å². The number of hydrogen-bond donors (Lipinski definition) is 0. The Morgan fingerprint density at radius 1 is 0.958 bits per heavy atom. The zero-order valence-corrected chi connectivity index (χ0v) is 13.4. The maximum absolute atomic E-state index is 10.8. The third kappa shape index (κ3) is 2.66. The first-order valence-corrected chi connectivity index (χ1v) is 8.24. The lowest BCUT2D eigenvalue weighted by Crippen LogP contribution is -1.91. The summed E-state index contributed by atoms with van der Waals surface area (Å²) in [6.45, 7) is 0. The van der Waals surface area contributed by atoms with E-state index < -0.39 is 0 Å². The van der Waals surface area contributed by atoms with E-state index in [0.717, 1.165) is 27.6 Å². The van der Waals surface area contributed by atoms with Crippen LogP contribution in [-0.4, -0.2) is 16.3 Å². The first kappa shape index (κ1) is 14.5. The van der Waals surface area contributed by atoms with E-state index in [2.05, 4.69) is 27.5 Å². The Morgan fingerprint density at radius 3 is 2.50 bits per heavy atom. The predicted octanol–water partition coefficient (Wildman–Crippen LogP) is 4.96. The van der Waals surface area contributed by atoms with Gasteiger partial charge in [0.25, 0.3) is 0 Å². The van der Waals surface area contributed by atoms with Crippen LogP contribution in [0.1, 0.15) is 10.4 Å². The molecule has 0 radical (unpaired) electrons. The van der Waals surface area contributed by atoms with Crippen molar-refractivity contribution in [2.24, 2.45) is 0 Å². The van der Waals surface area contributed by atoms with Crippen LogP contribution in [0.4, 0.5) is 0 Å². The molecule has 0 spiro atoms. The number of aromatic nitrogens is 2. The topological polar surface area (TPSA) is 52.1 Å². The Bertz CT molecular complexity index is 995. The second kappa shape index (κ2) is 6.22. The van der Waals surface area contributed by atoms with Crippen LogP contribution < -0.4 is 4.74 Å². The number of carbonyl (C=O) groups excluding carboxylic acids is 1. The van der Waals surface area contributed by atoms with Gasteiger partial charge in [-0.15, -0.1) is 11.3 Å². The number of thiophene rings is 1. The van der Waals surface area contributed by atoms with Crippen molar-refractivity contribution in [1.82, 2.24) is 9.97 Å². The van der Waals surface area contributed by atoms with Gasteiger partial charge in [-0.25, -0.2) is 9.97 Å². The van der Waals surface area contributed by atoms with Gasteiger partial charge in [0, 0.05) is 16.5 Å². The van der Waals surface area contributed by atoms with Gasteiger partial charge in [-0.2, -0.15) is 0 Å². The molecule has 2 heterocycles. The molecule has 0 fully saturated rings. The van der Waals surface area contributed by atoms with Gasteiger partial charge in [-0.1, -0.05) is 30.3 Å². The van der Waals surface area contributed by atoms with Gasteiger partial charge in [-0.3, -0.25) is 4.79 Å². The van der Waals surface area contributed by atoms with Gasteiger partial charge in [0.2, 0.25) is 5.88 Å². The quantitative estimate of drug-likeness (QED) is 0.495. The lowest BCUT2D eigenvalue weighted by Gasteiger charge is -2.07. The van der Waals surface area contributed by atoms with Gasteiger partial charge >= 0.3 is 0 Å². The lowest BCUT2D eigenvalue weighted by atomic mass is 10.1. The molecule has 0 aliphatic rings. The summed E-state index contributed by atoms with van der Waals surface area (Å²) in [4.78, 5) is 20.3. The van der Waals surface area contributed by atoms with Crippen LogP contribution >= 0.6 is 11.3 Å². The minimum Gasteiger partial charge on any atom is -0.438 e. The molecular formula is C19H12N2O2S. The normalized spacial score (nSPS) is 10.7. The lowest BCUT2D eigenvalue weighted by molar-refractivity contribution is 0.112. The van der Waals surface area contributed by atoms with E-state index in [0.29, 0.717) is 17.2 Å². The van der Waals surface area contributed by atoms with Crippen molar-refractivity contribution in [3.63, 3.8) is 0 Å². The minimum atomic E-state index is 0.513. The van der Waals surface area contributed by atoms with Gasteiger partial charge in [0.05, 0.1) is 5.39 Å². The maximum Gasteiger partial charge on any atom is 0.231 e.